The average molecular weight is 292 g/mol. The molecular weight excluding hydrogens is 281 g/mol. The van der Waals surface area contributed by atoms with Crippen LogP contribution >= 0.6 is 11.6 Å². The molecule has 4 nitrogen and oxygen atoms in total. The summed E-state index contributed by atoms with van der Waals surface area (Å²) in [5.74, 6) is 1.41. The predicted molar refractivity (Wildman–Crippen MR) is 73.0 cm³/mol. The highest BCUT2D eigenvalue weighted by Gasteiger charge is 2.25. The van der Waals surface area contributed by atoms with Gasteiger partial charge in [-0.3, -0.25) is 0 Å². The lowest BCUT2D eigenvalue weighted by atomic mass is 10.2. The molecule has 1 saturated carbocycles. The fraction of sp³-hybridized carbons (Fsp3) is 0.286. The maximum Gasteiger partial charge on any atom is 0.275 e. The van der Waals surface area contributed by atoms with Crippen molar-refractivity contribution in [3.63, 3.8) is 0 Å². The largest absolute Gasteiger partial charge is 0.349 e. The normalized spacial score (nSPS) is 15.1. The Labute approximate surface area is 118 Å². The Balaban J connectivity index is 1.76. The van der Waals surface area contributed by atoms with Crippen LogP contribution in [0.25, 0.3) is 22.5 Å². The van der Waals surface area contributed by atoms with Gasteiger partial charge in [-0.25, -0.2) is 4.39 Å². The number of halogens is 2. The summed E-state index contributed by atoms with van der Waals surface area (Å²) in [4.78, 5) is 7.45. The highest BCUT2D eigenvalue weighted by atomic mass is 35.5. The first-order valence-corrected chi connectivity index (χ1v) is 6.88. The van der Waals surface area contributed by atoms with E-state index in [9.17, 15) is 4.39 Å². The van der Waals surface area contributed by atoms with Gasteiger partial charge in [-0.2, -0.15) is 4.98 Å². The predicted octanol–water partition coefficient (Wildman–Crippen LogP) is 3.96. The van der Waals surface area contributed by atoms with Crippen LogP contribution in [0.2, 0.25) is 5.02 Å². The van der Waals surface area contributed by atoms with Gasteiger partial charge < -0.3 is 9.51 Å². The maximum absolute atomic E-state index is 13.3. The highest BCUT2D eigenvalue weighted by molar-refractivity contribution is 6.38. The lowest BCUT2D eigenvalue weighted by Crippen LogP contribution is -1.89. The number of nitrogens with one attached hydrogen (secondary N) is 1. The first-order valence-electron chi connectivity index (χ1n) is 6.50. The third-order valence-corrected chi connectivity index (χ3v) is 3.94. The van der Waals surface area contributed by atoms with Crippen LogP contribution in [0.3, 0.4) is 0 Å². The summed E-state index contributed by atoms with van der Waals surface area (Å²) in [7, 11) is 0. The van der Waals surface area contributed by atoms with Gasteiger partial charge in [0.2, 0.25) is 0 Å². The van der Waals surface area contributed by atoms with E-state index >= 15 is 0 Å². The Hall–Kier alpha value is -1.88. The van der Waals surface area contributed by atoms with Crippen LogP contribution in [0.1, 0.15) is 18.7 Å². The number of aromatic amines is 1. The molecule has 2 aromatic heterocycles. The zero-order valence-corrected chi connectivity index (χ0v) is 11.2. The molecule has 3 aromatic rings. The van der Waals surface area contributed by atoms with E-state index < -0.39 is 0 Å². The number of rotatable bonds is 3. The Morgan fingerprint density at radius 2 is 2.25 bits per heavy atom. The van der Waals surface area contributed by atoms with Gasteiger partial charge in [0.15, 0.2) is 5.82 Å². The number of nitrogens with zero attached hydrogens (tertiary/aromatic N) is 2. The van der Waals surface area contributed by atoms with Crippen LogP contribution in [-0.4, -0.2) is 15.1 Å². The first kappa shape index (κ1) is 11.9. The molecule has 0 spiro atoms. The van der Waals surface area contributed by atoms with Crippen molar-refractivity contribution in [3.05, 3.63) is 34.9 Å². The molecule has 1 N–H and O–H groups in total. The third-order valence-electron chi connectivity index (χ3n) is 3.55. The van der Waals surface area contributed by atoms with E-state index in [1.54, 1.807) is 6.07 Å². The average Bonchev–Trinajstić information content (AvgIpc) is 3.03. The Morgan fingerprint density at radius 1 is 1.40 bits per heavy atom. The van der Waals surface area contributed by atoms with Crippen LogP contribution in [0, 0.1) is 11.7 Å². The number of aromatic nitrogens is 3. The molecule has 6 heteroatoms. The van der Waals surface area contributed by atoms with E-state index in [1.165, 1.54) is 25.0 Å². The van der Waals surface area contributed by atoms with E-state index in [4.69, 9.17) is 16.1 Å². The summed E-state index contributed by atoms with van der Waals surface area (Å²) in [6, 6.07) is 4.41. The molecule has 0 unspecified atom stereocenters. The minimum atomic E-state index is -0.329. The van der Waals surface area contributed by atoms with Gasteiger partial charge in [0.25, 0.3) is 5.89 Å². The summed E-state index contributed by atoms with van der Waals surface area (Å²) in [6.07, 6.45) is 3.31. The van der Waals surface area contributed by atoms with Crippen LogP contribution in [0.5, 0.6) is 0 Å². The van der Waals surface area contributed by atoms with E-state index in [1.807, 2.05) is 0 Å². The molecule has 0 bridgehead atoms. The van der Waals surface area contributed by atoms with E-state index in [2.05, 4.69) is 15.1 Å². The molecule has 0 aliphatic heterocycles. The molecule has 1 fully saturated rings. The molecule has 1 aliphatic carbocycles. The first-order chi connectivity index (χ1) is 9.70. The summed E-state index contributed by atoms with van der Waals surface area (Å²) in [5, 5.41) is 4.98. The van der Waals surface area contributed by atoms with Crippen molar-refractivity contribution in [1.82, 2.24) is 15.1 Å². The monoisotopic (exact) mass is 291 g/mol. The van der Waals surface area contributed by atoms with Crippen molar-refractivity contribution in [2.24, 2.45) is 5.92 Å². The van der Waals surface area contributed by atoms with Gasteiger partial charge >= 0.3 is 0 Å². The number of benzene rings is 1. The number of hydrogen-bond acceptors (Lipinski definition) is 3. The SMILES string of the molecule is Fc1ccc2[nH]c(-c3nc(CC4CC4)no3)c(Cl)c2c1. The quantitative estimate of drug-likeness (QED) is 0.794. The van der Waals surface area contributed by atoms with Crippen LogP contribution in [0.4, 0.5) is 4.39 Å². The standard InChI is InChI=1S/C14H11ClFN3O/c15-12-9-6-8(16)3-4-10(9)17-13(12)14-18-11(19-20-14)5-7-1-2-7/h3-4,6-7,17H,1-2,5H2. The summed E-state index contributed by atoms with van der Waals surface area (Å²) in [6.45, 7) is 0. The molecule has 1 aromatic carbocycles. The zero-order chi connectivity index (χ0) is 13.7. The molecule has 102 valence electrons. The lowest BCUT2D eigenvalue weighted by molar-refractivity contribution is 0.420. The summed E-state index contributed by atoms with van der Waals surface area (Å²) < 4.78 is 18.5. The van der Waals surface area contributed by atoms with Crippen molar-refractivity contribution >= 4 is 22.5 Å². The van der Waals surface area contributed by atoms with Crippen LogP contribution in [-0.2, 0) is 6.42 Å². The minimum Gasteiger partial charge on any atom is -0.349 e. The smallest absolute Gasteiger partial charge is 0.275 e. The Bertz CT molecular complexity index is 791. The van der Waals surface area contributed by atoms with Gasteiger partial charge in [0.1, 0.15) is 11.5 Å². The molecule has 0 amide bonds. The van der Waals surface area contributed by atoms with Crippen molar-refractivity contribution in [1.29, 1.82) is 0 Å². The molecule has 1 aliphatic rings. The minimum absolute atomic E-state index is 0.329. The molecule has 0 saturated heterocycles. The van der Waals surface area contributed by atoms with E-state index in [0.717, 1.165) is 11.9 Å². The van der Waals surface area contributed by atoms with Gasteiger partial charge in [0.05, 0.1) is 5.02 Å². The number of hydrogen-bond donors (Lipinski definition) is 1. The summed E-state index contributed by atoms with van der Waals surface area (Å²) >= 11 is 6.27. The molecule has 2 heterocycles. The molecule has 0 atom stereocenters. The van der Waals surface area contributed by atoms with Gasteiger partial charge in [-0.05, 0) is 37.0 Å². The van der Waals surface area contributed by atoms with Crippen molar-refractivity contribution in [3.8, 4) is 11.6 Å². The zero-order valence-electron chi connectivity index (χ0n) is 10.5. The molecular formula is C14H11ClFN3O. The van der Waals surface area contributed by atoms with E-state index in [-0.39, 0.29) is 5.82 Å². The molecule has 0 radical (unpaired) electrons. The Kier molecular flexibility index (Phi) is 2.57. The second-order valence-corrected chi connectivity index (χ2v) is 5.55. The number of H-pyrrole nitrogens is 1. The topological polar surface area (TPSA) is 54.7 Å². The second-order valence-electron chi connectivity index (χ2n) is 5.17. The highest BCUT2D eigenvalue weighted by Crippen LogP contribution is 2.35. The Morgan fingerprint density at radius 3 is 3.05 bits per heavy atom. The fourth-order valence-corrected chi connectivity index (χ4v) is 2.58. The fourth-order valence-electron chi connectivity index (χ4n) is 2.30. The van der Waals surface area contributed by atoms with Crippen molar-refractivity contribution in [2.75, 3.05) is 0 Å². The van der Waals surface area contributed by atoms with Crippen molar-refractivity contribution < 1.29 is 8.91 Å². The summed E-state index contributed by atoms with van der Waals surface area (Å²) in [5.41, 5.74) is 1.29. The van der Waals surface area contributed by atoms with Gasteiger partial charge in [-0.1, -0.05) is 16.8 Å². The van der Waals surface area contributed by atoms with Crippen LogP contribution < -0.4 is 0 Å². The number of fused-ring (bicyclic) bond motifs is 1. The van der Waals surface area contributed by atoms with Crippen molar-refractivity contribution in [2.45, 2.75) is 19.3 Å². The van der Waals surface area contributed by atoms with Crippen LogP contribution in [0.15, 0.2) is 22.7 Å². The maximum atomic E-state index is 13.3. The van der Waals surface area contributed by atoms with Gasteiger partial charge in [0, 0.05) is 17.3 Å². The third kappa shape index (κ3) is 1.98. The lowest BCUT2D eigenvalue weighted by Gasteiger charge is -1.90. The van der Waals surface area contributed by atoms with Gasteiger partial charge in [-0.15, -0.1) is 0 Å². The van der Waals surface area contributed by atoms with E-state index in [0.29, 0.717) is 33.7 Å². The second kappa shape index (κ2) is 4.31. The molecule has 4 rings (SSSR count). The molecule has 20 heavy (non-hydrogen) atoms.